The molecule has 0 amide bonds. The van der Waals surface area contributed by atoms with Gasteiger partial charge in [0, 0.05) is 49.0 Å². The van der Waals surface area contributed by atoms with Crippen molar-refractivity contribution in [2.45, 2.75) is 0 Å². The van der Waals surface area contributed by atoms with Gasteiger partial charge in [0.2, 0.25) is 5.95 Å². The van der Waals surface area contributed by atoms with Crippen molar-refractivity contribution in [1.82, 2.24) is 19.5 Å². The Hall–Kier alpha value is -7.56. The van der Waals surface area contributed by atoms with Crippen LogP contribution in [0.15, 0.2) is 160 Å². The summed E-state index contributed by atoms with van der Waals surface area (Å²) in [5.74, 6) is 1.44. The number of nitriles is 1. The van der Waals surface area contributed by atoms with Crippen LogP contribution in [0.2, 0.25) is 0 Å². The lowest BCUT2D eigenvalue weighted by molar-refractivity contribution is 0.668. The predicted molar refractivity (Wildman–Crippen MR) is 210 cm³/mol. The second-order valence-corrected chi connectivity index (χ2v) is 13.1. The SMILES string of the molecule is N#Cc1cccc(-c2nc(-c3ccc4c(c3)oc3c(-c5cccc6oc7ccccc7c56)cccc34)nc(-n3c4ccccc4c4ccccc43)n2)c1. The van der Waals surface area contributed by atoms with Crippen molar-refractivity contribution < 1.29 is 8.83 Å². The molecule has 0 N–H and O–H groups in total. The van der Waals surface area contributed by atoms with E-state index < -0.39 is 0 Å². The Bertz CT molecular complexity index is 3270. The number of hydrogen-bond acceptors (Lipinski definition) is 6. The summed E-state index contributed by atoms with van der Waals surface area (Å²) in [6.45, 7) is 0. The van der Waals surface area contributed by atoms with Crippen molar-refractivity contribution in [1.29, 1.82) is 5.26 Å². The topological polar surface area (TPSA) is 93.7 Å². The number of rotatable bonds is 4. The second-order valence-electron chi connectivity index (χ2n) is 13.1. The highest BCUT2D eigenvalue weighted by molar-refractivity contribution is 6.17. The highest BCUT2D eigenvalue weighted by atomic mass is 16.3. The molecule has 0 saturated carbocycles. The maximum atomic E-state index is 9.70. The van der Waals surface area contributed by atoms with Crippen molar-refractivity contribution >= 4 is 65.7 Å². The van der Waals surface area contributed by atoms with Crippen molar-refractivity contribution in [3.63, 3.8) is 0 Å². The molecule has 0 radical (unpaired) electrons. The fraction of sp³-hybridized carbons (Fsp3) is 0. The normalized spacial score (nSPS) is 11.8. The smallest absolute Gasteiger partial charge is 0.238 e. The Balaban J connectivity index is 1.13. The highest BCUT2D eigenvalue weighted by Gasteiger charge is 2.20. The van der Waals surface area contributed by atoms with Gasteiger partial charge in [0.15, 0.2) is 11.6 Å². The first-order valence-corrected chi connectivity index (χ1v) is 17.3. The molecule has 4 aromatic heterocycles. The van der Waals surface area contributed by atoms with Gasteiger partial charge in [-0.1, -0.05) is 103 Å². The first-order valence-electron chi connectivity index (χ1n) is 17.3. The fourth-order valence-electron chi connectivity index (χ4n) is 7.74. The van der Waals surface area contributed by atoms with Gasteiger partial charge in [-0.25, -0.2) is 4.98 Å². The molecule has 0 saturated heterocycles. The van der Waals surface area contributed by atoms with Gasteiger partial charge >= 0.3 is 0 Å². The van der Waals surface area contributed by atoms with Crippen LogP contribution in [0.1, 0.15) is 5.56 Å². The number of fused-ring (bicyclic) bond motifs is 9. The molecule has 0 atom stereocenters. The van der Waals surface area contributed by atoms with Crippen LogP contribution in [-0.2, 0) is 0 Å². The number of aromatic nitrogens is 4. The van der Waals surface area contributed by atoms with Crippen LogP contribution in [0.4, 0.5) is 0 Å². The third kappa shape index (κ3) is 4.43. The Morgan fingerprint density at radius 1 is 0.472 bits per heavy atom. The molecule has 0 fully saturated rings. The molecule has 4 heterocycles. The van der Waals surface area contributed by atoms with E-state index in [-0.39, 0.29) is 0 Å². The number of furan rings is 2. The van der Waals surface area contributed by atoms with Crippen LogP contribution < -0.4 is 0 Å². The predicted octanol–water partition coefficient (Wildman–Crippen LogP) is 11.6. The summed E-state index contributed by atoms with van der Waals surface area (Å²) in [6.07, 6.45) is 0. The maximum absolute atomic E-state index is 9.70. The van der Waals surface area contributed by atoms with Crippen LogP contribution in [0, 0.1) is 11.3 Å². The van der Waals surface area contributed by atoms with Gasteiger partial charge in [-0.15, -0.1) is 0 Å². The lowest BCUT2D eigenvalue weighted by atomic mass is 9.97. The van der Waals surface area contributed by atoms with E-state index in [0.717, 1.165) is 87.9 Å². The molecule has 11 rings (SSSR count). The molecule has 0 bridgehead atoms. The summed E-state index contributed by atoms with van der Waals surface area (Å²) in [5, 5.41) is 16.1. The lowest BCUT2D eigenvalue weighted by Crippen LogP contribution is -2.06. The molecule has 0 unspecified atom stereocenters. The van der Waals surface area contributed by atoms with E-state index in [9.17, 15) is 5.26 Å². The average Bonchev–Trinajstić information content (AvgIpc) is 3.90. The van der Waals surface area contributed by atoms with Gasteiger partial charge in [0.1, 0.15) is 22.3 Å². The van der Waals surface area contributed by atoms with Gasteiger partial charge in [-0.3, -0.25) is 4.57 Å². The van der Waals surface area contributed by atoms with Crippen LogP contribution >= 0.6 is 0 Å². The molecule has 0 aliphatic heterocycles. The Kier molecular flexibility index (Phi) is 6.18. The van der Waals surface area contributed by atoms with Gasteiger partial charge in [-0.2, -0.15) is 15.2 Å². The Morgan fingerprint density at radius 2 is 1.11 bits per heavy atom. The molecule has 7 nitrogen and oxygen atoms in total. The van der Waals surface area contributed by atoms with E-state index in [1.54, 1.807) is 6.07 Å². The molecule has 0 aliphatic rings. The highest BCUT2D eigenvalue weighted by Crippen LogP contribution is 2.42. The van der Waals surface area contributed by atoms with E-state index in [2.05, 4.69) is 71.3 Å². The number of nitrogens with zero attached hydrogens (tertiary/aromatic N) is 5. The molecule has 0 spiro atoms. The van der Waals surface area contributed by atoms with Crippen LogP contribution in [0.25, 0.3) is 106 Å². The summed E-state index contributed by atoms with van der Waals surface area (Å²) < 4.78 is 15.1. The molecular weight excluding hydrogens is 655 g/mol. The van der Waals surface area contributed by atoms with Gasteiger partial charge in [0.05, 0.1) is 22.7 Å². The summed E-state index contributed by atoms with van der Waals surface area (Å²) >= 11 is 0. The monoisotopic (exact) mass is 679 g/mol. The van der Waals surface area contributed by atoms with Gasteiger partial charge < -0.3 is 8.83 Å². The zero-order valence-electron chi connectivity index (χ0n) is 28.0. The number of hydrogen-bond donors (Lipinski definition) is 0. The Morgan fingerprint density at radius 3 is 1.91 bits per heavy atom. The minimum absolute atomic E-state index is 0.469. The number of para-hydroxylation sites is 4. The summed E-state index contributed by atoms with van der Waals surface area (Å²) in [5.41, 5.74) is 9.27. The molecular formula is C46H25N5O2. The summed E-state index contributed by atoms with van der Waals surface area (Å²) in [7, 11) is 0. The minimum Gasteiger partial charge on any atom is -0.456 e. The van der Waals surface area contributed by atoms with Crippen molar-refractivity contribution in [2.75, 3.05) is 0 Å². The first-order chi connectivity index (χ1) is 26.2. The maximum Gasteiger partial charge on any atom is 0.238 e. The lowest BCUT2D eigenvalue weighted by Gasteiger charge is -2.11. The zero-order chi connectivity index (χ0) is 35.0. The van der Waals surface area contributed by atoms with Crippen LogP contribution in [0.3, 0.4) is 0 Å². The average molecular weight is 680 g/mol. The van der Waals surface area contributed by atoms with Crippen molar-refractivity contribution in [3.8, 4) is 45.9 Å². The van der Waals surface area contributed by atoms with E-state index in [1.165, 1.54) is 0 Å². The molecule has 7 aromatic carbocycles. The van der Waals surface area contributed by atoms with Crippen molar-refractivity contribution in [3.05, 3.63) is 157 Å². The quantitative estimate of drug-likeness (QED) is 0.184. The molecule has 7 heteroatoms. The molecule has 0 aliphatic carbocycles. The summed E-state index contributed by atoms with van der Waals surface area (Å²) in [6, 6.07) is 52.8. The van der Waals surface area contributed by atoms with Crippen LogP contribution in [-0.4, -0.2) is 19.5 Å². The summed E-state index contributed by atoms with van der Waals surface area (Å²) in [4.78, 5) is 15.2. The van der Waals surface area contributed by atoms with Crippen LogP contribution in [0.5, 0.6) is 0 Å². The second kappa shape index (κ2) is 11.2. The first kappa shape index (κ1) is 29.2. The van der Waals surface area contributed by atoms with Crippen molar-refractivity contribution in [2.24, 2.45) is 0 Å². The minimum atomic E-state index is 0.469. The third-order valence-electron chi connectivity index (χ3n) is 10.1. The third-order valence-corrected chi connectivity index (χ3v) is 10.1. The van der Waals surface area contributed by atoms with Gasteiger partial charge in [-0.05, 0) is 54.1 Å². The molecule has 246 valence electrons. The van der Waals surface area contributed by atoms with E-state index in [1.807, 2.05) is 84.9 Å². The largest absolute Gasteiger partial charge is 0.456 e. The standard InChI is InChI=1S/C46H25N5O2/c47-26-27-10-7-11-28(24-27)44-48-45(50-46(49-44)51-37-18-4-1-12-30(37)31-13-2-5-19-38(31)51)29-22-23-32-34-16-8-17-35(43(34)53-41(32)25-29)33-15-9-21-40-42(33)36-14-3-6-20-39(36)52-40/h1-25H. The number of benzene rings is 7. The van der Waals surface area contributed by atoms with E-state index >= 15 is 0 Å². The van der Waals surface area contributed by atoms with E-state index in [4.69, 9.17) is 23.8 Å². The molecule has 11 aromatic rings. The van der Waals surface area contributed by atoms with Gasteiger partial charge in [0.25, 0.3) is 0 Å². The fourth-order valence-corrected chi connectivity index (χ4v) is 7.74. The molecule has 53 heavy (non-hydrogen) atoms. The Labute approximate surface area is 301 Å². The van der Waals surface area contributed by atoms with E-state index in [0.29, 0.717) is 23.2 Å². The zero-order valence-corrected chi connectivity index (χ0v) is 28.0.